The fourth-order valence-corrected chi connectivity index (χ4v) is 2.66. The summed E-state index contributed by atoms with van der Waals surface area (Å²) < 4.78 is 0. The fraction of sp³-hybridized carbons (Fsp3) is 0.133. The molecule has 2 aromatic heterocycles. The Morgan fingerprint density at radius 2 is 2.05 bits per heavy atom. The SMILES string of the molecule is O=C(NCCNc1nc2ccccc2c(=O)[nH]1)c1cccs1. The first-order valence-electron chi connectivity index (χ1n) is 6.79. The molecular weight excluding hydrogens is 300 g/mol. The maximum Gasteiger partial charge on any atom is 0.261 e. The normalized spacial score (nSPS) is 10.5. The molecule has 0 aliphatic carbocycles. The summed E-state index contributed by atoms with van der Waals surface area (Å²) >= 11 is 1.40. The van der Waals surface area contributed by atoms with Crippen LogP contribution in [-0.2, 0) is 0 Å². The molecule has 0 bridgehead atoms. The number of nitrogens with zero attached hydrogens (tertiary/aromatic N) is 1. The highest BCUT2D eigenvalue weighted by Gasteiger charge is 2.05. The zero-order valence-corrected chi connectivity index (χ0v) is 12.4. The Labute approximate surface area is 130 Å². The van der Waals surface area contributed by atoms with Crippen molar-refractivity contribution in [2.45, 2.75) is 0 Å². The molecule has 6 nitrogen and oxygen atoms in total. The van der Waals surface area contributed by atoms with Crippen LogP contribution in [0, 0.1) is 0 Å². The molecule has 0 atom stereocenters. The summed E-state index contributed by atoms with van der Waals surface area (Å²) in [6, 6.07) is 10.8. The number of aromatic amines is 1. The molecule has 112 valence electrons. The third kappa shape index (κ3) is 3.15. The van der Waals surface area contributed by atoms with Crippen LogP contribution in [0.25, 0.3) is 10.9 Å². The molecular formula is C15H14N4O2S. The Morgan fingerprint density at radius 3 is 2.86 bits per heavy atom. The highest BCUT2D eigenvalue weighted by Crippen LogP contribution is 2.08. The smallest absolute Gasteiger partial charge is 0.261 e. The van der Waals surface area contributed by atoms with Crippen LogP contribution in [0.1, 0.15) is 9.67 Å². The van der Waals surface area contributed by atoms with E-state index in [9.17, 15) is 9.59 Å². The van der Waals surface area contributed by atoms with Crippen molar-refractivity contribution in [1.29, 1.82) is 0 Å². The molecule has 0 radical (unpaired) electrons. The predicted octanol–water partition coefficient (Wildman–Crippen LogP) is 1.83. The van der Waals surface area contributed by atoms with Crippen molar-refractivity contribution in [2.75, 3.05) is 18.4 Å². The van der Waals surface area contributed by atoms with Gasteiger partial charge in [-0.1, -0.05) is 18.2 Å². The first-order chi connectivity index (χ1) is 10.7. The second-order valence-electron chi connectivity index (χ2n) is 4.59. The first kappa shape index (κ1) is 14.3. The quantitative estimate of drug-likeness (QED) is 0.627. The van der Waals surface area contributed by atoms with E-state index in [2.05, 4.69) is 20.6 Å². The van der Waals surface area contributed by atoms with Crippen molar-refractivity contribution in [3.05, 3.63) is 57.0 Å². The number of rotatable bonds is 5. The topological polar surface area (TPSA) is 86.9 Å². The Hall–Kier alpha value is -2.67. The monoisotopic (exact) mass is 314 g/mol. The van der Waals surface area contributed by atoms with Crippen molar-refractivity contribution in [3.63, 3.8) is 0 Å². The van der Waals surface area contributed by atoms with Gasteiger partial charge in [0.2, 0.25) is 5.95 Å². The molecule has 0 spiro atoms. The number of fused-ring (bicyclic) bond motifs is 1. The summed E-state index contributed by atoms with van der Waals surface area (Å²) in [5.41, 5.74) is 0.451. The van der Waals surface area contributed by atoms with Gasteiger partial charge in [-0.05, 0) is 23.6 Å². The minimum Gasteiger partial charge on any atom is -0.354 e. The lowest BCUT2D eigenvalue weighted by Gasteiger charge is -2.07. The zero-order valence-electron chi connectivity index (χ0n) is 11.6. The van der Waals surface area contributed by atoms with E-state index in [4.69, 9.17) is 0 Å². The third-order valence-corrected chi connectivity index (χ3v) is 3.93. The summed E-state index contributed by atoms with van der Waals surface area (Å²) in [5.74, 6) is 0.297. The number of H-pyrrole nitrogens is 1. The molecule has 1 amide bonds. The van der Waals surface area contributed by atoms with Gasteiger partial charge in [-0.2, -0.15) is 0 Å². The number of nitrogens with one attached hydrogen (secondary N) is 3. The number of carbonyl (C=O) groups is 1. The minimum atomic E-state index is -0.185. The maximum atomic E-state index is 11.9. The van der Waals surface area contributed by atoms with Crippen molar-refractivity contribution in [2.24, 2.45) is 0 Å². The average molecular weight is 314 g/mol. The van der Waals surface area contributed by atoms with Crippen molar-refractivity contribution in [1.82, 2.24) is 15.3 Å². The number of anilines is 1. The summed E-state index contributed by atoms with van der Waals surface area (Å²) in [6.07, 6.45) is 0. The van der Waals surface area contributed by atoms with Gasteiger partial charge < -0.3 is 10.6 Å². The molecule has 0 fully saturated rings. The van der Waals surface area contributed by atoms with Gasteiger partial charge in [0.1, 0.15) is 0 Å². The number of thiophene rings is 1. The lowest BCUT2D eigenvalue weighted by molar-refractivity contribution is 0.0959. The Balaban J connectivity index is 1.58. The van der Waals surface area contributed by atoms with Crippen LogP contribution in [-0.4, -0.2) is 29.0 Å². The molecule has 2 heterocycles. The van der Waals surface area contributed by atoms with Crippen LogP contribution in [0.5, 0.6) is 0 Å². The van der Waals surface area contributed by atoms with Crippen LogP contribution >= 0.6 is 11.3 Å². The molecule has 3 aromatic rings. The number of benzene rings is 1. The van der Waals surface area contributed by atoms with Crippen LogP contribution in [0.2, 0.25) is 0 Å². The van der Waals surface area contributed by atoms with Gasteiger partial charge in [-0.15, -0.1) is 11.3 Å². The molecule has 0 aliphatic heterocycles. The summed E-state index contributed by atoms with van der Waals surface area (Å²) in [5, 5.41) is 8.21. The van der Waals surface area contributed by atoms with Crippen LogP contribution in [0.15, 0.2) is 46.6 Å². The number of amides is 1. The first-order valence-corrected chi connectivity index (χ1v) is 7.66. The highest BCUT2D eigenvalue weighted by atomic mass is 32.1. The zero-order chi connectivity index (χ0) is 15.4. The van der Waals surface area contributed by atoms with E-state index in [1.54, 1.807) is 24.3 Å². The highest BCUT2D eigenvalue weighted by molar-refractivity contribution is 7.12. The summed E-state index contributed by atoms with van der Waals surface area (Å²) in [7, 11) is 0. The van der Waals surface area contributed by atoms with Gasteiger partial charge in [0.05, 0.1) is 15.8 Å². The number of carbonyl (C=O) groups excluding carboxylic acids is 1. The number of hydrogen-bond donors (Lipinski definition) is 3. The van der Waals surface area contributed by atoms with Gasteiger partial charge in [0, 0.05) is 13.1 Å². The largest absolute Gasteiger partial charge is 0.354 e. The van der Waals surface area contributed by atoms with E-state index in [0.29, 0.717) is 34.8 Å². The average Bonchev–Trinajstić information content (AvgIpc) is 3.06. The second kappa shape index (κ2) is 6.40. The Morgan fingerprint density at radius 1 is 1.18 bits per heavy atom. The van der Waals surface area contributed by atoms with E-state index >= 15 is 0 Å². The van der Waals surface area contributed by atoms with Crippen molar-refractivity contribution >= 4 is 34.1 Å². The summed E-state index contributed by atoms with van der Waals surface area (Å²) in [6.45, 7) is 0.908. The second-order valence-corrected chi connectivity index (χ2v) is 5.54. The van der Waals surface area contributed by atoms with E-state index in [-0.39, 0.29) is 11.5 Å². The molecule has 1 aromatic carbocycles. The molecule has 0 unspecified atom stereocenters. The third-order valence-electron chi connectivity index (χ3n) is 3.06. The molecule has 0 saturated heterocycles. The fourth-order valence-electron chi connectivity index (χ4n) is 2.02. The Bertz CT molecular complexity index is 842. The summed E-state index contributed by atoms with van der Waals surface area (Å²) in [4.78, 5) is 31.3. The van der Waals surface area contributed by atoms with Crippen molar-refractivity contribution < 1.29 is 4.79 Å². The van der Waals surface area contributed by atoms with E-state index < -0.39 is 0 Å². The van der Waals surface area contributed by atoms with Gasteiger partial charge in [0.15, 0.2) is 0 Å². The molecule has 22 heavy (non-hydrogen) atoms. The van der Waals surface area contributed by atoms with Crippen molar-refractivity contribution in [3.8, 4) is 0 Å². The van der Waals surface area contributed by atoms with Crippen LogP contribution in [0.3, 0.4) is 0 Å². The van der Waals surface area contributed by atoms with Gasteiger partial charge in [0.25, 0.3) is 11.5 Å². The van der Waals surface area contributed by atoms with E-state index in [1.807, 2.05) is 17.5 Å². The van der Waals surface area contributed by atoms with Gasteiger partial charge >= 0.3 is 0 Å². The number of aromatic nitrogens is 2. The van der Waals surface area contributed by atoms with E-state index in [0.717, 1.165) is 0 Å². The number of hydrogen-bond acceptors (Lipinski definition) is 5. The molecule has 3 N–H and O–H groups in total. The molecule has 3 rings (SSSR count). The van der Waals surface area contributed by atoms with Gasteiger partial charge in [-0.3, -0.25) is 14.6 Å². The van der Waals surface area contributed by atoms with Gasteiger partial charge in [-0.25, -0.2) is 4.98 Å². The standard InChI is InChI=1S/C15H14N4O2S/c20-13-10-4-1-2-5-11(10)18-15(19-13)17-8-7-16-14(21)12-6-3-9-22-12/h1-6,9H,7-8H2,(H,16,21)(H2,17,18,19,20). The predicted molar refractivity (Wildman–Crippen MR) is 87.5 cm³/mol. The van der Waals surface area contributed by atoms with E-state index in [1.165, 1.54) is 11.3 Å². The molecule has 0 aliphatic rings. The lowest BCUT2D eigenvalue weighted by atomic mass is 10.2. The molecule has 0 saturated carbocycles. The van der Waals surface area contributed by atoms with Crippen LogP contribution in [0.4, 0.5) is 5.95 Å². The lowest BCUT2D eigenvalue weighted by Crippen LogP contribution is -2.28. The number of para-hydroxylation sites is 1. The minimum absolute atomic E-state index is 0.100. The maximum absolute atomic E-state index is 11.9. The van der Waals surface area contributed by atoms with Crippen LogP contribution < -0.4 is 16.2 Å². The Kier molecular flexibility index (Phi) is 4.15. The molecule has 7 heteroatoms.